The minimum atomic E-state index is 0.505. The third kappa shape index (κ3) is 0.727. The Hall–Kier alpha value is -0.330. The predicted molar refractivity (Wildman–Crippen MR) is 39.6 cm³/mol. The van der Waals surface area contributed by atoms with Crippen molar-refractivity contribution in [2.24, 2.45) is 17.8 Å². The van der Waals surface area contributed by atoms with Crippen molar-refractivity contribution in [1.82, 2.24) is 0 Å². The van der Waals surface area contributed by atoms with E-state index in [1.54, 1.807) is 0 Å². The molecule has 1 heteroatoms. The van der Waals surface area contributed by atoms with E-state index in [0.29, 0.717) is 11.7 Å². The van der Waals surface area contributed by atoms with E-state index in [9.17, 15) is 4.79 Å². The second-order valence-electron chi connectivity index (χ2n) is 3.78. The minimum absolute atomic E-state index is 0.505. The van der Waals surface area contributed by atoms with Crippen LogP contribution in [-0.4, -0.2) is 5.78 Å². The van der Waals surface area contributed by atoms with Gasteiger partial charge in [-0.1, -0.05) is 13.3 Å². The number of hydrogen-bond acceptors (Lipinski definition) is 1. The lowest BCUT2D eigenvalue weighted by Crippen LogP contribution is -2.32. The zero-order valence-corrected chi connectivity index (χ0v) is 6.47. The number of hydrogen-bond donors (Lipinski definition) is 0. The number of carbonyl (C=O) groups is 1. The molecule has 2 aliphatic rings. The molecule has 2 aliphatic carbocycles. The molecule has 0 saturated heterocycles. The van der Waals surface area contributed by atoms with Gasteiger partial charge in [-0.05, 0) is 24.7 Å². The van der Waals surface area contributed by atoms with Crippen LogP contribution in [-0.2, 0) is 4.79 Å². The van der Waals surface area contributed by atoms with Crippen LogP contribution >= 0.6 is 0 Å². The van der Waals surface area contributed by atoms with Gasteiger partial charge in [-0.3, -0.25) is 4.79 Å². The van der Waals surface area contributed by atoms with Gasteiger partial charge >= 0.3 is 0 Å². The zero-order valence-electron chi connectivity index (χ0n) is 6.47. The van der Waals surface area contributed by atoms with Crippen molar-refractivity contribution in [3.05, 3.63) is 0 Å². The van der Waals surface area contributed by atoms with Crippen molar-refractivity contribution in [2.45, 2.75) is 32.6 Å². The number of ketones is 1. The van der Waals surface area contributed by atoms with Gasteiger partial charge in [-0.2, -0.15) is 0 Å². The fourth-order valence-corrected chi connectivity index (χ4v) is 2.44. The first kappa shape index (κ1) is 6.38. The van der Waals surface area contributed by atoms with Crippen molar-refractivity contribution in [3.63, 3.8) is 0 Å². The molecular weight excluding hydrogens is 124 g/mol. The van der Waals surface area contributed by atoms with Gasteiger partial charge < -0.3 is 0 Å². The molecule has 0 aromatic heterocycles. The van der Waals surface area contributed by atoms with Crippen LogP contribution in [0.15, 0.2) is 0 Å². The molecule has 0 aromatic carbocycles. The molecular formula is C9H14O. The summed E-state index contributed by atoms with van der Waals surface area (Å²) in [6.07, 6.45) is 4.73. The summed E-state index contributed by atoms with van der Waals surface area (Å²) in [5, 5.41) is 0. The van der Waals surface area contributed by atoms with Gasteiger partial charge in [0, 0.05) is 12.3 Å². The molecule has 2 rings (SSSR count). The number of rotatable bonds is 1. The lowest BCUT2D eigenvalue weighted by atomic mass is 9.75. The fraction of sp³-hybridized carbons (Fsp3) is 0.889. The highest BCUT2D eigenvalue weighted by Crippen LogP contribution is 2.47. The first-order chi connectivity index (χ1) is 4.81. The number of carbonyl (C=O) groups excluding carboxylic acids is 1. The van der Waals surface area contributed by atoms with Gasteiger partial charge in [0.05, 0.1) is 0 Å². The molecule has 0 aromatic rings. The standard InChI is InChI=1S/C9H14O/c1-2-6-3-7-5-9(10)8(7)4-6/h6-8H,2-5H2,1H3. The monoisotopic (exact) mass is 138 g/mol. The predicted octanol–water partition coefficient (Wildman–Crippen LogP) is 2.01. The van der Waals surface area contributed by atoms with Crippen LogP contribution in [0.5, 0.6) is 0 Å². The van der Waals surface area contributed by atoms with Crippen LogP contribution in [0.3, 0.4) is 0 Å². The average Bonchev–Trinajstić information content (AvgIpc) is 2.26. The SMILES string of the molecule is CCC1CC2CC(=O)C2C1. The molecule has 2 fully saturated rings. The summed E-state index contributed by atoms with van der Waals surface area (Å²) in [4.78, 5) is 11.0. The Balaban J connectivity index is 1.99. The Morgan fingerprint density at radius 2 is 2.30 bits per heavy atom. The Labute approximate surface area is 61.8 Å². The summed E-state index contributed by atoms with van der Waals surface area (Å²) in [5.74, 6) is 2.73. The van der Waals surface area contributed by atoms with E-state index < -0.39 is 0 Å². The maximum Gasteiger partial charge on any atom is 0.136 e. The summed E-state index contributed by atoms with van der Waals surface area (Å²) in [5.41, 5.74) is 0. The quantitative estimate of drug-likeness (QED) is 0.541. The molecule has 0 radical (unpaired) electrons. The molecule has 1 nitrogen and oxygen atoms in total. The molecule has 3 atom stereocenters. The Kier molecular flexibility index (Phi) is 1.33. The molecule has 0 N–H and O–H groups in total. The van der Waals surface area contributed by atoms with Gasteiger partial charge in [0.25, 0.3) is 0 Å². The van der Waals surface area contributed by atoms with Crippen LogP contribution < -0.4 is 0 Å². The maximum absolute atomic E-state index is 11.0. The highest BCUT2D eigenvalue weighted by atomic mass is 16.1. The molecule has 3 unspecified atom stereocenters. The Bertz CT molecular complexity index is 162. The summed E-state index contributed by atoms with van der Waals surface area (Å²) in [7, 11) is 0. The van der Waals surface area contributed by atoms with Gasteiger partial charge in [0.15, 0.2) is 0 Å². The second-order valence-corrected chi connectivity index (χ2v) is 3.78. The fourth-order valence-electron chi connectivity index (χ4n) is 2.44. The van der Waals surface area contributed by atoms with Crippen molar-refractivity contribution in [2.75, 3.05) is 0 Å². The maximum atomic E-state index is 11.0. The third-order valence-electron chi connectivity index (χ3n) is 3.25. The van der Waals surface area contributed by atoms with Crippen LogP contribution in [0.1, 0.15) is 32.6 Å². The van der Waals surface area contributed by atoms with Crippen LogP contribution in [0, 0.1) is 17.8 Å². The third-order valence-corrected chi connectivity index (χ3v) is 3.25. The van der Waals surface area contributed by atoms with E-state index >= 15 is 0 Å². The number of fused-ring (bicyclic) bond motifs is 1. The molecule has 10 heavy (non-hydrogen) atoms. The normalized spacial score (nSPS) is 44.9. The molecule has 0 spiro atoms. The molecule has 0 bridgehead atoms. The first-order valence-corrected chi connectivity index (χ1v) is 4.34. The van der Waals surface area contributed by atoms with Gasteiger partial charge in [-0.15, -0.1) is 0 Å². The molecule has 56 valence electrons. The van der Waals surface area contributed by atoms with Gasteiger partial charge in [0.1, 0.15) is 5.78 Å². The lowest BCUT2D eigenvalue weighted by Gasteiger charge is -2.27. The average molecular weight is 138 g/mol. The number of Topliss-reactive ketones (excluding diaryl/α,β-unsaturated/α-hetero) is 1. The summed E-state index contributed by atoms with van der Waals surface area (Å²) in [6, 6.07) is 0. The molecule has 2 saturated carbocycles. The Morgan fingerprint density at radius 1 is 1.50 bits per heavy atom. The van der Waals surface area contributed by atoms with Crippen LogP contribution in [0.2, 0.25) is 0 Å². The van der Waals surface area contributed by atoms with E-state index in [4.69, 9.17) is 0 Å². The highest BCUT2D eigenvalue weighted by Gasteiger charge is 2.45. The van der Waals surface area contributed by atoms with Crippen molar-refractivity contribution >= 4 is 5.78 Å². The van der Waals surface area contributed by atoms with E-state index in [0.717, 1.165) is 18.3 Å². The smallest absolute Gasteiger partial charge is 0.136 e. The molecule has 0 aliphatic heterocycles. The molecule has 0 amide bonds. The second kappa shape index (κ2) is 2.08. The first-order valence-electron chi connectivity index (χ1n) is 4.34. The lowest BCUT2D eigenvalue weighted by molar-refractivity contribution is -0.132. The largest absolute Gasteiger partial charge is 0.299 e. The highest BCUT2D eigenvalue weighted by molar-refractivity contribution is 5.87. The summed E-state index contributed by atoms with van der Waals surface area (Å²) < 4.78 is 0. The minimum Gasteiger partial charge on any atom is -0.299 e. The van der Waals surface area contributed by atoms with Crippen LogP contribution in [0.4, 0.5) is 0 Å². The topological polar surface area (TPSA) is 17.1 Å². The Morgan fingerprint density at radius 3 is 2.80 bits per heavy atom. The van der Waals surface area contributed by atoms with Crippen molar-refractivity contribution in [3.8, 4) is 0 Å². The van der Waals surface area contributed by atoms with E-state index in [-0.39, 0.29) is 0 Å². The summed E-state index contributed by atoms with van der Waals surface area (Å²) in [6.45, 7) is 2.24. The van der Waals surface area contributed by atoms with E-state index in [1.807, 2.05) is 0 Å². The van der Waals surface area contributed by atoms with Crippen molar-refractivity contribution in [1.29, 1.82) is 0 Å². The van der Waals surface area contributed by atoms with E-state index in [2.05, 4.69) is 6.92 Å². The van der Waals surface area contributed by atoms with Gasteiger partial charge in [-0.25, -0.2) is 0 Å². The van der Waals surface area contributed by atoms with Crippen LogP contribution in [0.25, 0.3) is 0 Å². The zero-order chi connectivity index (χ0) is 7.14. The van der Waals surface area contributed by atoms with E-state index in [1.165, 1.54) is 19.3 Å². The van der Waals surface area contributed by atoms with Gasteiger partial charge in [0.2, 0.25) is 0 Å². The summed E-state index contributed by atoms with van der Waals surface area (Å²) >= 11 is 0. The molecule has 0 heterocycles. The van der Waals surface area contributed by atoms with Crippen molar-refractivity contribution < 1.29 is 4.79 Å².